The van der Waals surface area contributed by atoms with E-state index in [0.29, 0.717) is 6.42 Å². The zero-order chi connectivity index (χ0) is 11.8. The van der Waals surface area contributed by atoms with Crippen LogP contribution in [0.2, 0.25) is 0 Å². The lowest BCUT2D eigenvalue weighted by Crippen LogP contribution is -2.50. The Morgan fingerprint density at radius 1 is 1.24 bits per heavy atom. The summed E-state index contributed by atoms with van der Waals surface area (Å²) >= 11 is 0. The van der Waals surface area contributed by atoms with Crippen LogP contribution in [0.25, 0.3) is 0 Å². The summed E-state index contributed by atoms with van der Waals surface area (Å²) in [6.07, 6.45) is -0.857. The Labute approximate surface area is 99.2 Å². The number of carbonyl (C=O) groups is 1. The van der Waals surface area contributed by atoms with Gasteiger partial charge in [0, 0.05) is 6.42 Å². The average Bonchev–Trinajstić information content (AvgIpc) is 2.34. The van der Waals surface area contributed by atoms with Crippen molar-refractivity contribution in [2.45, 2.75) is 37.3 Å². The van der Waals surface area contributed by atoms with Gasteiger partial charge in [0.2, 0.25) is 0 Å². The van der Waals surface area contributed by atoms with Crippen LogP contribution in [-0.2, 0) is 14.3 Å². The molecule has 2 fully saturated rings. The second kappa shape index (κ2) is 4.13. The lowest BCUT2D eigenvalue weighted by atomic mass is 9.90. The number of carbonyl (C=O) groups excluding carboxylic acids is 1. The molecule has 2 aliphatic rings. The van der Waals surface area contributed by atoms with E-state index in [-0.39, 0.29) is 18.5 Å². The van der Waals surface area contributed by atoms with Crippen molar-refractivity contribution in [2.24, 2.45) is 0 Å². The highest BCUT2D eigenvalue weighted by Crippen LogP contribution is 2.37. The standard InChI is InChI=1S/C13H14O4/c14-11-7-9-6-10(17-11)12(15)13(16-9)8-4-2-1-3-5-8/h1-5,9-10,12-13,15H,6-7H2/t9-,10-,12-,13+/m0/s1. The number of fused-ring (bicyclic) bond motifs is 2. The normalized spacial score (nSPS) is 36.4. The van der Waals surface area contributed by atoms with Crippen molar-refractivity contribution < 1.29 is 19.4 Å². The van der Waals surface area contributed by atoms with Gasteiger partial charge in [-0.25, -0.2) is 0 Å². The average molecular weight is 234 g/mol. The fourth-order valence-corrected chi connectivity index (χ4v) is 2.51. The minimum absolute atomic E-state index is 0.130. The van der Waals surface area contributed by atoms with Crippen molar-refractivity contribution in [3.8, 4) is 0 Å². The minimum Gasteiger partial charge on any atom is -0.459 e. The monoisotopic (exact) mass is 234 g/mol. The number of ether oxygens (including phenoxy) is 2. The van der Waals surface area contributed by atoms with Gasteiger partial charge in [0.05, 0.1) is 12.5 Å². The quantitative estimate of drug-likeness (QED) is 0.742. The second-order valence-electron chi connectivity index (χ2n) is 4.55. The van der Waals surface area contributed by atoms with Gasteiger partial charge in [0.15, 0.2) is 0 Å². The van der Waals surface area contributed by atoms with E-state index in [1.54, 1.807) is 0 Å². The molecule has 1 N–H and O–H groups in total. The van der Waals surface area contributed by atoms with E-state index >= 15 is 0 Å². The first-order chi connectivity index (χ1) is 8.24. The highest BCUT2D eigenvalue weighted by molar-refractivity contribution is 5.71. The minimum atomic E-state index is -0.780. The Morgan fingerprint density at radius 3 is 2.76 bits per heavy atom. The van der Waals surface area contributed by atoms with Gasteiger partial charge in [-0.1, -0.05) is 30.3 Å². The van der Waals surface area contributed by atoms with Crippen LogP contribution in [0.15, 0.2) is 30.3 Å². The molecule has 0 radical (unpaired) electrons. The number of aliphatic hydroxyl groups excluding tert-OH is 1. The lowest BCUT2D eigenvalue weighted by Gasteiger charge is -2.42. The largest absolute Gasteiger partial charge is 0.459 e. The molecule has 0 spiro atoms. The van der Waals surface area contributed by atoms with Crippen LogP contribution < -0.4 is 0 Å². The summed E-state index contributed by atoms with van der Waals surface area (Å²) in [4.78, 5) is 11.3. The second-order valence-corrected chi connectivity index (χ2v) is 4.55. The Hall–Kier alpha value is -1.39. The summed E-state index contributed by atoms with van der Waals surface area (Å²) < 4.78 is 10.9. The molecule has 0 amide bonds. The van der Waals surface area contributed by atoms with Crippen molar-refractivity contribution in [3.63, 3.8) is 0 Å². The summed E-state index contributed by atoms with van der Waals surface area (Å²) in [6.45, 7) is 0. The van der Waals surface area contributed by atoms with E-state index in [9.17, 15) is 9.90 Å². The molecule has 4 heteroatoms. The topological polar surface area (TPSA) is 55.8 Å². The summed E-state index contributed by atoms with van der Waals surface area (Å²) in [6, 6.07) is 9.55. The molecule has 90 valence electrons. The van der Waals surface area contributed by atoms with Gasteiger partial charge in [-0.05, 0) is 5.56 Å². The zero-order valence-electron chi connectivity index (χ0n) is 9.28. The lowest BCUT2D eigenvalue weighted by molar-refractivity contribution is -0.218. The van der Waals surface area contributed by atoms with E-state index in [1.807, 2.05) is 30.3 Å². The number of esters is 1. The van der Waals surface area contributed by atoms with E-state index in [2.05, 4.69) is 0 Å². The maximum absolute atomic E-state index is 11.3. The van der Waals surface area contributed by atoms with E-state index < -0.39 is 18.3 Å². The van der Waals surface area contributed by atoms with Crippen molar-refractivity contribution in [2.75, 3.05) is 0 Å². The third-order valence-electron chi connectivity index (χ3n) is 3.33. The van der Waals surface area contributed by atoms with Crippen molar-refractivity contribution in [3.05, 3.63) is 35.9 Å². The summed E-state index contributed by atoms with van der Waals surface area (Å²) in [5, 5.41) is 10.1. The van der Waals surface area contributed by atoms with Crippen molar-refractivity contribution in [1.29, 1.82) is 0 Å². The first-order valence-electron chi connectivity index (χ1n) is 5.82. The van der Waals surface area contributed by atoms with Gasteiger partial charge >= 0.3 is 5.97 Å². The van der Waals surface area contributed by atoms with Crippen LogP contribution in [0.1, 0.15) is 24.5 Å². The molecule has 2 saturated heterocycles. The van der Waals surface area contributed by atoms with Gasteiger partial charge in [-0.2, -0.15) is 0 Å². The predicted octanol–water partition coefficient (Wildman–Crippen LogP) is 1.19. The number of hydrogen-bond donors (Lipinski definition) is 1. The molecule has 0 aromatic heterocycles. The predicted molar refractivity (Wildman–Crippen MR) is 59.2 cm³/mol. The van der Waals surface area contributed by atoms with Crippen molar-refractivity contribution in [1.82, 2.24) is 0 Å². The molecule has 1 aromatic rings. The fraction of sp³-hybridized carbons (Fsp3) is 0.462. The molecule has 2 heterocycles. The van der Waals surface area contributed by atoms with Gasteiger partial charge in [-0.3, -0.25) is 4.79 Å². The van der Waals surface area contributed by atoms with Crippen LogP contribution >= 0.6 is 0 Å². The maximum Gasteiger partial charge on any atom is 0.308 e. The Bertz CT molecular complexity index is 417. The molecule has 2 aliphatic heterocycles. The first-order valence-corrected chi connectivity index (χ1v) is 5.82. The molecule has 0 unspecified atom stereocenters. The smallest absolute Gasteiger partial charge is 0.308 e. The van der Waals surface area contributed by atoms with E-state index in [4.69, 9.17) is 9.47 Å². The molecule has 0 aliphatic carbocycles. The van der Waals surface area contributed by atoms with Crippen LogP contribution in [0.5, 0.6) is 0 Å². The summed E-state index contributed by atoms with van der Waals surface area (Å²) in [5.74, 6) is -0.281. The molecular formula is C13H14O4. The number of rotatable bonds is 1. The van der Waals surface area contributed by atoms with Crippen LogP contribution in [0, 0.1) is 0 Å². The van der Waals surface area contributed by atoms with Gasteiger partial charge in [0.25, 0.3) is 0 Å². The molecule has 4 atom stereocenters. The molecule has 0 saturated carbocycles. The summed E-state index contributed by atoms with van der Waals surface area (Å²) in [5.41, 5.74) is 0.924. The molecule has 2 bridgehead atoms. The van der Waals surface area contributed by atoms with E-state index in [0.717, 1.165) is 5.56 Å². The van der Waals surface area contributed by atoms with Crippen LogP contribution in [0.4, 0.5) is 0 Å². The Kier molecular flexibility index (Phi) is 2.61. The highest BCUT2D eigenvalue weighted by atomic mass is 16.6. The maximum atomic E-state index is 11.3. The molecule has 4 nitrogen and oxygen atoms in total. The van der Waals surface area contributed by atoms with Gasteiger partial charge in [-0.15, -0.1) is 0 Å². The number of hydrogen-bond acceptors (Lipinski definition) is 4. The summed E-state index contributed by atoms with van der Waals surface area (Å²) in [7, 11) is 0. The van der Waals surface area contributed by atoms with Crippen LogP contribution in [0.3, 0.4) is 0 Å². The highest BCUT2D eigenvalue weighted by Gasteiger charge is 2.44. The fourth-order valence-electron chi connectivity index (χ4n) is 2.51. The SMILES string of the molecule is O=C1C[C@@H]2C[C@H](O1)[C@H](O)[C@@H](c1ccccc1)O2. The molecule has 1 aromatic carbocycles. The van der Waals surface area contributed by atoms with Crippen LogP contribution in [-0.4, -0.2) is 29.4 Å². The van der Waals surface area contributed by atoms with Gasteiger partial charge < -0.3 is 14.6 Å². The number of aliphatic hydroxyl groups is 1. The Balaban J connectivity index is 1.86. The molecular weight excluding hydrogens is 220 g/mol. The van der Waals surface area contributed by atoms with Crippen molar-refractivity contribution >= 4 is 5.97 Å². The van der Waals surface area contributed by atoms with Gasteiger partial charge in [0.1, 0.15) is 18.3 Å². The first kappa shape index (κ1) is 10.7. The number of benzene rings is 1. The molecule has 17 heavy (non-hydrogen) atoms. The third kappa shape index (κ3) is 1.94. The third-order valence-corrected chi connectivity index (χ3v) is 3.33. The zero-order valence-corrected chi connectivity index (χ0v) is 9.28. The Morgan fingerprint density at radius 2 is 2.00 bits per heavy atom. The molecule has 3 rings (SSSR count). The van der Waals surface area contributed by atoms with E-state index in [1.165, 1.54) is 0 Å².